The van der Waals surface area contributed by atoms with Crippen LogP contribution in [0.3, 0.4) is 0 Å². The summed E-state index contributed by atoms with van der Waals surface area (Å²) in [7, 11) is 0. The number of carbonyl (C=O) groups excluding carboxylic acids is 1. The number of amides is 1. The molecule has 1 aliphatic heterocycles. The number of anilines is 1. The van der Waals surface area contributed by atoms with Crippen molar-refractivity contribution in [2.24, 2.45) is 5.73 Å². The van der Waals surface area contributed by atoms with E-state index in [1.54, 1.807) is 0 Å². The second-order valence-electron chi connectivity index (χ2n) is 9.31. The summed E-state index contributed by atoms with van der Waals surface area (Å²) >= 11 is 0. The molecule has 5 nitrogen and oxygen atoms in total. The van der Waals surface area contributed by atoms with Crippen molar-refractivity contribution in [2.75, 3.05) is 37.7 Å². The number of ether oxygens (including phenoxy) is 1. The van der Waals surface area contributed by atoms with E-state index in [1.807, 2.05) is 23.1 Å². The van der Waals surface area contributed by atoms with E-state index in [0.29, 0.717) is 26.2 Å². The van der Waals surface area contributed by atoms with Crippen LogP contribution in [-0.4, -0.2) is 43.8 Å². The summed E-state index contributed by atoms with van der Waals surface area (Å²) < 4.78 is 5.87. The molecule has 3 aromatic rings. The van der Waals surface area contributed by atoms with Gasteiger partial charge in [-0.15, -0.1) is 6.42 Å². The molecule has 0 aromatic heterocycles. The van der Waals surface area contributed by atoms with Gasteiger partial charge in [0.05, 0.1) is 0 Å². The van der Waals surface area contributed by atoms with E-state index in [1.165, 1.54) is 27.8 Å². The van der Waals surface area contributed by atoms with Crippen LogP contribution < -0.4 is 10.6 Å². The Morgan fingerprint density at radius 1 is 1.00 bits per heavy atom. The Morgan fingerprint density at radius 2 is 1.60 bits per heavy atom. The molecule has 0 bridgehead atoms. The number of hydrogen-bond acceptors (Lipinski definition) is 4. The molecule has 35 heavy (non-hydrogen) atoms. The zero-order valence-corrected chi connectivity index (χ0v) is 20.4. The third-order valence-corrected chi connectivity index (χ3v) is 7.48. The summed E-state index contributed by atoms with van der Waals surface area (Å²) in [6, 6.07) is 18.8. The molecule has 0 atom stereocenters. The number of hydrogen-bond donors (Lipinski definition) is 1. The molecule has 1 fully saturated rings. The molecule has 1 amide bonds. The fourth-order valence-electron chi connectivity index (χ4n) is 5.59. The third-order valence-electron chi connectivity index (χ3n) is 7.48. The largest absolute Gasteiger partial charge is 0.448 e. The Balaban J connectivity index is 1.26. The van der Waals surface area contributed by atoms with E-state index in [4.69, 9.17) is 16.9 Å². The number of nitrogens with two attached hydrogens (primary N) is 1. The maximum Gasteiger partial charge on any atom is 0.409 e. The lowest BCUT2D eigenvalue weighted by molar-refractivity contribution is 0.0976. The van der Waals surface area contributed by atoms with Crippen LogP contribution >= 0.6 is 0 Å². The summed E-state index contributed by atoms with van der Waals surface area (Å²) in [5.41, 5.74) is 16.2. The van der Waals surface area contributed by atoms with Crippen LogP contribution in [0.25, 0.3) is 11.1 Å². The van der Waals surface area contributed by atoms with Crippen LogP contribution in [0.1, 0.15) is 39.3 Å². The SMILES string of the molecule is C#Cc1cc(CN)c(C)c(N2CCN(C(=O)OCC3c4ccccc4-c4ccccc43)CC2)c1C. The molecule has 3 aromatic carbocycles. The van der Waals surface area contributed by atoms with Gasteiger partial charge in [-0.25, -0.2) is 4.79 Å². The van der Waals surface area contributed by atoms with Crippen molar-refractivity contribution in [3.05, 3.63) is 88.0 Å². The summed E-state index contributed by atoms with van der Waals surface area (Å²) in [4.78, 5) is 17.1. The minimum absolute atomic E-state index is 0.0686. The average molecular weight is 466 g/mol. The first kappa shape index (κ1) is 23.0. The first-order valence-electron chi connectivity index (χ1n) is 12.2. The molecule has 0 unspecified atom stereocenters. The molecule has 5 heteroatoms. The Bertz CT molecular complexity index is 1270. The maximum absolute atomic E-state index is 13.0. The fourth-order valence-corrected chi connectivity index (χ4v) is 5.59. The van der Waals surface area contributed by atoms with Gasteiger partial charge in [-0.3, -0.25) is 0 Å². The molecule has 0 radical (unpaired) electrons. The Morgan fingerprint density at radius 3 is 2.17 bits per heavy atom. The van der Waals surface area contributed by atoms with E-state index < -0.39 is 0 Å². The number of carbonyl (C=O) groups is 1. The van der Waals surface area contributed by atoms with Gasteiger partial charge in [-0.05, 0) is 58.9 Å². The highest BCUT2D eigenvalue weighted by Gasteiger charge is 2.31. The predicted molar refractivity (Wildman–Crippen MR) is 141 cm³/mol. The van der Waals surface area contributed by atoms with E-state index in [9.17, 15) is 4.79 Å². The normalized spacial score (nSPS) is 14.9. The molecule has 1 saturated heterocycles. The highest BCUT2D eigenvalue weighted by atomic mass is 16.6. The number of piperazine rings is 1. The van der Waals surface area contributed by atoms with Crippen molar-refractivity contribution >= 4 is 11.8 Å². The van der Waals surface area contributed by atoms with Gasteiger partial charge >= 0.3 is 6.09 Å². The number of nitrogens with zero attached hydrogens (tertiary/aromatic N) is 2. The Hall–Kier alpha value is -3.75. The van der Waals surface area contributed by atoms with Crippen LogP contribution in [0.15, 0.2) is 54.6 Å². The van der Waals surface area contributed by atoms with Crippen LogP contribution in [0, 0.1) is 26.2 Å². The van der Waals surface area contributed by atoms with Gasteiger partial charge in [0.1, 0.15) is 6.61 Å². The summed E-state index contributed by atoms with van der Waals surface area (Å²) in [5, 5.41) is 0. The lowest BCUT2D eigenvalue weighted by Gasteiger charge is -2.37. The van der Waals surface area contributed by atoms with E-state index in [-0.39, 0.29) is 12.0 Å². The van der Waals surface area contributed by atoms with Gasteiger partial charge in [0.2, 0.25) is 0 Å². The van der Waals surface area contributed by atoms with Crippen molar-refractivity contribution in [3.63, 3.8) is 0 Å². The smallest absolute Gasteiger partial charge is 0.409 e. The van der Waals surface area contributed by atoms with Crippen LogP contribution in [0.5, 0.6) is 0 Å². The first-order chi connectivity index (χ1) is 17.0. The van der Waals surface area contributed by atoms with E-state index in [0.717, 1.165) is 35.5 Å². The van der Waals surface area contributed by atoms with Gasteiger partial charge < -0.3 is 20.3 Å². The van der Waals surface area contributed by atoms with Gasteiger partial charge in [-0.1, -0.05) is 54.5 Å². The first-order valence-corrected chi connectivity index (χ1v) is 12.2. The van der Waals surface area contributed by atoms with Gasteiger partial charge in [0.25, 0.3) is 0 Å². The number of terminal acetylenes is 1. The zero-order chi connectivity index (χ0) is 24.5. The third kappa shape index (κ3) is 4.05. The predicted octanol–water partition coefficient (Wildman–Crippen LogP) is 4.81. The quantitative estimate of drug-likeness (QED) is 0.562. The molecule has 1 aliphatic carbocycles. The molecule has 178 valence electrons. The van der Waals surface area contributed by atoms with Crippen molar-refractivity contribution in [1.29, 1.82) is 0 Å². The van der Waals surface area contributed by atoms with Gasteiger partial charge in [0.15, 0.2) is 0 Å². The highest BCUT2D eigenvalue weighted by Crippen LogP contribution is 2.44. The summed E-state index contributed by atoms with van der Waals surface area (Å²) in [6.07, 6.45) is 5.50. The van der Waals surface area contributed by atoms with Crippen molar-refractivity contribution in [2.45, 2.75) is 26.3 Å². The minimum atomic E-state index is -0.250. The van der Waals surface area contributed by atoms with E-state index in [2.05, 4.69) is 61.1 Å². The second kappa shape index (κ2) is 9.48. The van der Waals surface area contributed by atoms with E-state index >= 15 is 0 Å². The fraction of sp³-hybridized carbons (Fsp3) is 0.300. The van der Waals surface area contributed by atoms with Gasteiger partial charge in [0, 0.05) is 49.9 Å². The lowest BCUT2D eigenvalue weighted by atomic mass is 9.96. The zero-order valence-electron chi connectivity index (χ0n) is 20.4. The van der Waals surface area contributed by atoms with Crippen molar-refractivity contribution in [1.82, 2.24) is 4.90 Å². The molecule has 1 heterocycles. The highest BCUT2D eigenvalue weighted by molar-refractivity contribution is 5.79. The molecular formula is C30H31N3O2. The van der Waals surface area contributed by atoms with Crippen LogP contribution in [-0.2, 0) is 11.3 Å². The molecule has 2 N–H and O–H groups in total. The molecular weight excluding hydrogens is 434 g/mol. The second-order valence-corrected chi connectivity index (χ2v) is 9.31. The standard InChI is InChI=1S/C30H31N3O2/c1-4-22-17-23(18-31)21(3)29(20(22)2)32-13-15-33(16-14-32)30(34)35-19-28-26-11-7-5-9-24(26)25-10-6-8-12-27(25)28/h1,5-12,17,28H,13-16,18-19,31H2,2-3H3. The van der Waals surface area contributed by atoms with Gasteiger partial charge in [-0.2, -0.15) is 0 Å². The Kier molecular flexibility index (Phi) is 6.23. The monoisotopic (exact) mass is 465 g/mol. The number of rotatable bonds is 4. The molecule has 0 spiro atoms. The maximum atomic E-state index is 13.0. The summed E-state index contributed by atoms with van der Waals surface area (Å²) in [6.45, 7) is 7.62. The lowest BCUT2D eigenvalue weighted by Crippen LogP contribution is -2.49. The number of fused-ring (bicyclic) bond motifs is 3. The minimum Gasteiger partial charge on any atom is -0.448 e. The molecule has 2 aliphatic rings. The van der Waals surface area contributed by atoms with Crippen molar-refractivity contribution in [3.8, 4) is 23.5 Å². The van der Waals surface area contributed by atoms with Crippen molar-refractivity contribution < 1.29 is 9.53 Å². The van der Waals surface area contributed by atoms with Crippen LogP contribution in [0.4, 0.5) is 10.5 Å². The molecule has 5 rings (SSSR count). The topological polar surface area (TPSA) is 58.8 Å². The average Bonchev–Trinajstić information content (AvgIpc) is 3.21. The molecule has 0 saturated carbocycles. The van der Waals surface area contributed by atoms with Crippen LogP contribution in [0.2, 0.25) is 0 Å². The Labute approximate surface area is 207 Å². The summed E-state index contributed by atoms with van der Waals surface area (Å²) in [5.74, 6) is 2.86. The number of benzene rings is 3.